The van der Waals surface area contributed by atoms with Gasteiger partial charge in [0.15, 0.2) is 6.10 Å². The highest BCUT2D eigenvalue weighted by Gasteiger charge is 2.22. The van der Waals surface area contributed by atoms with Crippen LogP contribution in [0.15, 0.2) is 12.7 Å². The summed E-state index contributed by atoms with van der Waals surface area (Å²) in [6, 6.07) is 0. The third kappa shape index (κ3) is 5.54. The Kier molecular flexibility index (Phi) is 7.95. The Morgan fingerprint density at radius 1 is 1.47 bits per heavy atom. The van der Waals surface area contributed by atoms with E-state index in [2.05, 4.69) is 16.9 Å². The zero-order valence-corrected chi connectivity index (χ0v) is 9.79. The second-order valence-electron chi connectivity index (χ2n) is 3.21. The first-order valence-electron chi connectivity index (χ1n) is 5.33. The molecule has 0 aromatic rings. The monoisotopic (exact) mass is 215 g/mol. The lowest BCUT2D eigenvalue weighted by molar-refractivity contribution is -0.167. The number of hydrogen-bond donors (Lipinski definition) is 1. The molecule has 4 nitrogen and oxygen atoms in total. The first-order chi connectivity index (χ1) is 7.19. The zero-order valence-electron chi connectivity index (χ0n) is 9.79. The van der Waals surface area contributed by atoms with Gasteiger partial charge in [-0.25, -0.2) is 4.79 Å². The molecule has 0 spiro atoms. The summed E-state index contributed by atoms with van der Waals surface area (Å²) in [4.78, 5) is 16.1. The van der Waals surface area contributed by atoms with Gasteiger partial charge in [-0.3, -0.25) is 0 Å². The van der Waals surface area contributed by atoms with E-state index in [1.165, 1.54) is 0 Å². The average molecular weight is 215 g/mol. The summed E-state index contributed by atoms with van der Waals surface area (Å²) in [7, 11) is 1.54. The minimum Gasteiger partial charge on any atom is -0.369 e. The van der Waals surface area contributed by atoms with Crippen molar-refractivity contribution in [2.75, 3.05) is 7.05 Å². The average Bonchev–Trinajstić information content (AvgIpc) is 2.24. The third-order valence-corrected chi connectivity index (χ3v) is 2.11. The van der Waals surface area contributed by atoms with E-state index in [1.807, 2.05) is 13.8 Å². The highest BCUT2D eigenvalue weighted by Crippen LogP contribution is 2.10. The molecule has 0 aliphatic heterocycles. The van der Waals surface area contributed by atoms with Crippen molar-refractivity contribution in [3.8, 4) is 0 Å². The van der Waals surface area contributed by atoms with Crippen LogP contribution in [0.4, 0.5) is 0 Å². The normalized spacial score (nSPS) is 12.5. The van der Waals surface area contributed by atoms with Crippen LogP contribution in [-0.2, 0) is 14.4 Å². The molecule has 0 bridgehead atoms. The Balaban J connectivity index is 4.24. The number of nitrogens with one attached hydrogen (secondary N) is 1. The van der Waals surface area contributed by atoms with Gasteiger partial charge in [0.05, 0.1) is 6.10 Å². The van der Waals surface area contributed by atoms with Gasteiger partial charge in [0.25, 0.3) is 0 Å². The van der Waals surface area contributed by atoms with E-state index in [1.54, 1.807) is 13.1 Å². The predicted octanol–water partition coefficient (Wildman–Crippen LogP) is 1.81. The van der Waals surface area contributed by atoms with Crippen molar-refractivity contribution < 1.29 is 14.4 Å². The van der Waals surface area contributed by atoms with Crippen molar-refractivity contribution in [3.05, 3.63) is 12.7 Å². The summed E-state index contributed by atoms with van der Waals surface area (Å²) >= 11 is 0. The Bertz CT molecular complexity index is 190. The largest absolute Gasteiger partial charge is 0.369 e. The van der Waals surface area contributed by atoms with Crippen LogP contribution in [0.3, 0.4) is 0 Å². The summed E-state index contributed by atoms with van der Waals surface area (Å²) in [5, 5.41) is 0. The standard InChI is InChI=1S/C11H21NO3/c1-5-8-10(11(13)15-12-4)14-9(6-2)7-3/h5,9-10,12H,1,6-8H2,2-4H3. The number of ether oxygens (including phenoxy) is 1. The number of rotatable bonds is 8. The van der Waals surface area contributed by atoms with Crippen molar-refractivity contribution in [2.45, 2.75) is 45.3 Å². The van der Waals surface area contributed by atoms with Crippen LogP contribution in [0.25, 0.3) is 0 Å². The smallest absolute Gasteiger partial charge is 0.354 e. The van der Waals surface area contributed by atoms with Crippen molar-refractivity contribution in [3.63, 3.8) is 0 Å². The molecule has 88 valence electrons. The third-order valence-electron chi connectivity index (χ3n) is 2.11. The molecular formula is C11H21NO3. The predicted molar refractivity (Wildman–Crippen MR) is 59.2 cm³/mol. The van der Waals surface area contributed by atoms with E-state index in [0.29, 0.717) is 6.42 Å². The molecule has 1 unspecified atom stereocenters. The van der Waals surface area contributed by atoms with Gasteiger partial charge in [0.2, 0.25) is 0 Å². The van der Waals surface area contributed by atoms with Gasteiger partial charge in [-0.2, -0.15) is 5.48 Å². The fraction of sp³-hybridized carbons (Fsp3) is 0.727. The second-order valence-corrected chi connectivity index (χ2v) is 3.21. The van der Waals surface area contributed by atoms with Crippen LogP contribution in [0.5, 0.6) is 0 Å². The summed E-state index contributed by atoms with van der Waals surface area (Å²) in [5.74, 6) is -0.399. The Morgan fingerprint density at radius 2 is 2.07 bits per heavy atom. The van der Waals surface area contributed by atoms with Crippen LogP contribution in [0, 0.1) is 0 Å². The molecule has 15 heavy (non-hydrogen) atoms. The lowest BCUT2D eigenvalue weighted by Gasteiger charge is -2.20. The van der Waals surface area contributed by atoms with E-state index in [9.17, 15) is 4.79 Å². The molecule has 0 aliphatic carbocycles. The Hall–Kier alpha value is -0.870. The molecule has 0 amide bonds. The molecule has 0 aromatic heterocycles. The lowest BCUT2D eigenvalue weighted by atomic mass is 10.2. The number of hydrogen-bond acceptors (Lipinski definition) is 4. The van der Waals surface area contributed by atoms with E-state index < -0.39 is 12.1 Å². The first kappa shape index (κ1) is 14.1. The molecule has 0 aromatic carbocycles. The van der Waals surface area contributed by atoms with Crippen LogP contribution < -0.4 is 5.48 Å². The maximum absolute atomic E-state index is 11.4. The van der Waals surface area contributed by atoms with Gasteiger partial charge < -0.3 is 9.57 Å². The van der Waals surface area contributed by atoms with Crippen LogP contribution in [0.2, 0.25) is 0 Å². The Morgan fingerprint density at radius 3 is 2.47 bits per heavy atom. The highest BCUT2D eigenvalue weighted by atomic mass is 16.7. The molecule has 1 atom stereocenters. The molecule has 4 heteroatoms. The van der Waals surface area contributed by atoms with Crippen molar-refractivity contribution >= 4 is 5.97 Å². The molecule has 0 aliphatic rings. The maximum atomic E-state index is 11.4. The van der Waals surface area contributed by atoms with Crippen LogP contribution in [-0.4, -0.2) is 25.2 Å². The van der Waals surface area contributed by atoms with Crippen molar-refractivity contribution in [1.82, 2.24) is 5.48 Å². The summed E-state index contributed by atoms with van der Waals surface area (Å²) < 4.78 is 5.62. The minimum atomic E-state index is -0.556. The summed E-state index contributed by atoms with van der Waals surface area (Å²) in [6.07, 6.45) is 3.44. The molecule has 0 saturated heterocycles. The lowest BCUT2D eigenvalue weighted by Crippen LogP contribution is -2.33. The molecule has 0 radical (unpaired) electrons. The summed E-state index contributed by atoms with van der Waals surface area (Å²) in [5.41, 5.74) is 2.35. The first-order valence-corrected chi connectivity index (χ1v) is 5.33. The van der Waals surface area contributed by atoms with Crippen molar-refractivity contribution in [1.29, 1.82) is 0 Å². The molecule has 1 N–H and O–H groups in total. The van der Waals surface area contributed by atoms with E-state index in [-0.39, 0.29) is 6.10 Å². The van der Waals surface area contributed by atoms with Gasteiger partial charge >= 0.3 is 5.97 Å². The van der Waals surface area contributed by atoms with E-state index in [0.717, 1.165) is 12.8 Å². The van der Waals surface area contributed by atoms with Gasteiger partial charge in [-0.15, -0.1) is 6.58 Å². The zero-order chi connectivity index (χ0) is 11.7. The van der Waals surface area contributed by atoms with Gasteiger partial charge in [0, 0.05) is 13.5 Å². The van der Waals surface area contributed by atoms with E-state index >= 15 is 0 Å². The highest BCUT2D eigenvalue weighted by molar-refractivity contribution is 5.74. The van der Waals surface area contributed by atoms with E-state index in [4.69, 9.17) is 4.74 Å². The molecule has 0 fully saturated rings. The molecule has 0 saturated carbocycles. The minimum absolute atomic E-state index is 0.0966. The number of carbonyl (C=O) groups excluding carboxylic acids is 1. The van der Waals surface area contributed by atoms with Gasteiger partial charge in [0.1, 0.15) is 0 Å². The fourth-order valence-electron chi connectivity index (χ4n) is 1.24. The number of hydroxylamine groups is 1. The quantitative estimate of drug-likeness (QED) is 0.495. The molecule has 0 rings (SSSR count). The maximum Gasteiger partial charge on any atom is 0.354 e. The topological polar surface area (TPSA) is 47.6 Å². The summed E-state index contributed by atoms with van der Waals surface area (Å²) in [6.45, 7) is 7.65. The van der Waals surface area contributed by atoms with Gasteiger partial charge in [-0.05, 0) is 12.8 Å². The molecular weight excluding hydrogens is 194 g/mol. The van der Waals surface area contributed by atoms with Crippen molar-refractivity contribution in [2.24, 2.45) is 0 Å². The SMILES string of the molecule is C=CCC(OC(CC)CC)C(=O)ONC. The Labute approximate surface area is 91.6 Å². The second kappa shape index (κ2) is 8.44. The number of carbonyl (C=O) groups is 1. The van der Waals surface area contributed by atoms with Gasteiger partial charge in [-0.1, -0.05) is 19.9 Å². The molecule has 0 heterocycles. The fourth-order valence-corrected chi connectivity index (χ4v) is 1.24. The van der Waals surface area contributed by atoms with Crippen LogP contribution in [0.1, 0.15) is 33.1 Å². The van der Waals surface area contributed by atoms with Crippen LogP contribution >= 0.6 is 0 Å².